The van der Waals surface area contributed by atoms with Gasteiger partial charge < -0.3 is 19.9 Å². The Labute approximate surface area is 164 Å². The summed E-state index contributed by atoms with van der Waals surface area (Å²) in [7, 11) is 1.59. The van der Waals surface area contributed by atoms with Gasteiger partial charge in [0, 0.05) is 13.8 Å². The van der Waals surface area contributed by atoms with Gasteiger partial charge in [-0.3, -0.25) is 9.59 Å². The van der Waals surface area contributed by atoms with Gasteiger partial charge in [0.1, 0.15) is 11.3 Å². The van der Waals surface area contributed by atoms with E-state index in [0.717, 1.165) is 31.2 Å². The molecule has 0 aliphatic heterocycles. The number of hydrogen-bond acceptors (Lipinski definition) is 6. The smallest absolute Gasteiger partial charge is 0.223 e. The van der Waals surface area contributed by atoms with Gasteiger partial charge in [-0.15, -0.1) is 0 Å². The summed E-state index contributed by atoms with van der Waals surface area (Å²) in [6.45, 7) is 3.17. The number of hydrogen-bond donors (Lipinski definition) is 2. The minimum absolute atomic E-state index is 0.116. The Morgan fingerprint density at radius 3 is 2.46 bits per heavy atom. The highest BCUT2D eigenvalue weighted by atomic mass is 16.5. The average Bonchev–Trinajstić information content (AvgIpc) is 3.31. The summed E-state index contributed by atoms with van der Waals surface area (Å²) in [5.41, 5.74) is 0.234. The summed E-state index contributed by atoms with van der Waals surface area (Å²) in [6, 6.07) is 6.88. The van der Waals surface area contributed by atoms with E-state index in [1.807, 2.05) is 24.3 Å². The fraction of sp³-hybridized carbons (Fsp3) is 0.500. The predicted octanol–water partition coefficient (Wildman–Crippen LogP) is 2.54. The Bertz CT molecular complexity index is 825. The molecule has 0 saturated heterocycles. The van der Waals surface area contributed by atoms with Crippen LogP contribution in [0.5, 0.6) is 5.75 Å². The highest BCUT2D eigenvalue weighted by Gasteiger charge is 2.41. The number of carbonyl (C=O) groups is 2. The topological polar surface area (TPSA) is 106 Å². The van der Waals surface area contributed by atoms with Crippen molar-refractivity contribution < 1.29 is 18.8 Å². The van der Waals surface area contributed by atoms with Gasteiger partial charge in [-0.25, -0.2) is 0 Å². The number of nitrogens with zero attached hydrogens (tertiary/aromatic N) is 2. The van der Waals surface area contributed by atoms with E-state index >= 15 is 0 Å². The number of aryl methyl sites for hydroxylation is 1. The van der Waals surface area contributed by atoms with Crippen LogP contribution in [0.15, 0.2) is 28.8 Å². The zero-order valence-corrected chi connectivity index (χ0v) is 16.4. The standard InChI is InChI=1S/C20H26N4O4/c1-13(25)21-17(15-6-8-16(27-3)9-7-15)12-18(26)23-20(10-4-5-11-20)19-22-14(2)28-24-19/h6-9,17H,4-5,10-12H2,1-3H3,(H,21,25)(H,23,26). The number of methoxy groups -OCH3 is 1. The quantitative estimate of drug-likeness (QED) is 0.757. The summed E-state index contributed by atoms with van der Waals surface area (Å²) < 4.78 is 10.3. The van der Waals surface area contributed by atoms with Crippen molar-refractivity contribution in [2.24, 2.45) is 0 Å². The van der Waals surface area contributed by atoms with Gasteiger partial charge in [-0.1, -0.05) is 30.1 Å². The monoisotopic (exact) mass is 386 g/mol. The summed E-state index contributed by atoms with van der Waals surface area (Å²) in [6.07, 6.45) is 3.63. The minimum atomic E-state index is -0.602. The van der Waals surface area contributed by atoms with E-state index in [1.165, 1.54) is 6.92 Å². The van der Waals surface area contributed by atoms with E-state index < -0.39 is 11.6 Å². The van der Waals surface area contributed by atoms with E-state index in [1.54, 1.807) is 14.0 Å². The molecule has 1 aliphatic rings. The Morgan fingerprint density at radius 2 is 1.93 bits per heavy atom. The number of benzene rings is 1. The Kier molecular flexibility index (Phi) is 5.96. The molecule has 3 rings (SSSR count). The molecule has 1 aliphatic carbocycles. The summed E-state index contributed by atoms with van der Waals surface area (Å²) in [5, 5.41) is 10.0. The van der Waals surface area contributed by atoms with E-state index in [2.05, 4.69) is 20.8 Å². The fourth-order valence-electron chi connectivity index (χ4n) is 3.71. The van der Waals surface area contributed by atoms with Crippen LogP contribution in [-0.2, 0) is 15.1 Å². The first-order valence-corrected chi connectivity index (χ1v) is 9.45. The molecule has 8 heteroatoms. The van der Waals surface area contributed by atoms with Crippen molar-refractivity contribution in [1.82, 2.24) is 20.8 Å². The maximum atomic E-state index is 12.9. The van der Waals surface area contributed by atoms with Crippen molar-refractivity contribution in [3.05, 3.63) is 41.5 Å². The second-order valence-electron chi connectivity index (χ2n) is 7.20. The average molecular weight is 386 g/mol. The van der Waals surface area contributed by atoms with Gasteiger partial charge in [0.15, 0.2) is 5.82 Å². The van der Waals surface area contributed by atoms with Crippen molar-refractivity contribution in [2.75, 3.05) is 7.11 Å². The zero-order valence-electron chi connectivity index (χ0n) is 16.4. The van der Waals surface area contributed by atoms with E-state index in [0.29, 0.717) is 17.5 Å². The molecular formula is C20H26N4O4. The van der Waals surface area contributed by atoms with Crippen LogP contribution in [-0.4, -0.2) is 29.1 Å². The molecule has 28 heavy (non-hydrogen) atoms. The maximum absolute atomic E-state index is 12.9. The van der Waals surface area contributed by atoms with E-state index in [-0.39, 0.29) is 18.2 Å². The molecule has 1 heterocycles. The number of aromatic nitrogens is 2. The number of nitrogens with one attached hydrogen (secondary N) is 2. The van der Waals surface area contributed by atoms with Crippen molar-refractivity contribution >= 4 is 11.8 Å². The fourth-order valence-corrected chi connectivity index (χ4v) is 3.71. The molecule has 1 aromatic heterocycles. The Morgan fingerprint density at radius 1 is 1.25 bits per heavy atom. The van der Waals surface area contributed by atoms with Crippen LogP contribution >= 0.6 is 0 Å². The van der Waals surface area contributed by atoms with Gasteiger partial charge in [-0.05, 0) is 30.5 Å². The molecule has 1 aromatic carbocycles. The van der Waals surface area contributed by atoms with Crippen LogP contribution in [0.2, 0.25) is 0 Å². The zero-order chi connectivity index (χ0) is 20.1. The number of ether oxygens (including phenoxy) is 1. The highest BCUT2D eigenvalue weighted by molar-refractivity contribution is 5.79. The van der Waals surface area contributed by atoms with Crippen molar-refractivity contribution in [2.45, 2.75) is 57.5 Å². The first kappa shape index (κ1) is 19.9. The first-order chi connectivity index (χ1) is 13.4. The lowest BCUT2D eigenvalue weighted by molar-refractivity contribution is -0.124. The van der Waals surface area contributed by atoms with Crippen molar-refractivity contribution in [3.8, 4) is 5.75 Å². The molecule has 8 nitrogen and oxygen atoms in total. The molecule has 150 valence electrons. The van der Waals surface area contributed by atoms with Crippen LogP contribution in [0.3, 0.4) is 0 Å². The van der Waals surface area contributed by atoms with Gasteiger partial charge in [0.05, 0.1) is 19.6 Å². The highest BCUT2D eigenvalue weighted by Crippen LogP contribution is 2.37. The second kappa shape index (κ2) is 8.41. The minimum Gasteiger partial charge on any atom is -0.497 e. The number of carbonyl (C=O) groups excluding carboxylic acids is 2. The molecule has 1 saturated carbocycles. The van der Waals surface area contributed by atoms with Gasteiger partial charge in [0.25, 0.3) is 0 Å². The molecule has 1 unspecified atom stereocenters. The van der Waals surface area contributed by atoms with E-state index in [4.69, 9.17) is 9.26 Å². The van der Waals surface area contributed by atoms with Crippen LogP contribution < -0.4 is 15.4 Å². The van der Waals surface area contributed by atoms with Crippen molar-refractivity contribution in [3.63, 3.8) is 0 Å². The largest absolute Gasteiger partial charge is 0.497 e. The number of rotatable bonds is 7. The predicted molar refractivity (Wildman–Crippen MR) is 101 cm³/mol. The molecule has 0 radical (unpaired) electrons. The third-order valence-electron chi connectivity index (χ3n) is 5.08. The summed E-state index contributed by atoms with van der Waals surface area (Å²) >= 11 is 0. The van der Waals surface area contributed by atoms with Gasteiger partial charge in [0.2, 0.25) is 17.7 Å². The molecule has 0 spiro atoms. The second-order valence-corrected chi connectivity index (χ2v) is 7.20. The SMILES string of the molecule is COc1ccc(C(CC(=O)NC2(c3noc(C)n3)CCCC2)NC(C)=O)cc1. The van der Waals surface area contributed by atoms with Crippen LogP contribution in [0.25, 0.3) is 0 Å². The normalized spacial score (nSPS) is 16.4. The van der Waals surface area contributed by atoms with Crippen LogP contribution in [0.4, 0.5) is 0 Å². The molecule has 1 fully saturated rings. The molecule has 2 N–H and O–H groups in total. The lowest BCUT2D eigenvalue weighted by Gasteiger charge is -2.28. The molecule has 0 bridgehead atoms. The molecular weight excluding hydrogens is 360 g/mol. The maximum Gasteiger partial charge on any atom is 0.223 e. The Hall–Kier alpha value is -2.90. The third-order valence-corrected chi connectivity index (χ3v) is 5.08. The van der Waals surface area contributed by atoms with Crippen molar-refractivity contribution in [1.29, 1.82) is 0 Å². The molecule has 2 amide bonds. The number of amides is 2. The lowest BCUT2D eigenvalue weighted by Crippen LogP contribution is -2.46. The van der Waals surface area contributed by atoms with E-state index in [9.17, 15) is 9.59 Å². The van der Waals surface area contributed by atoms with Gasteiger partial charge in [-0.2, -0.15) is 4.98 Å². The van der Waals surface area contributed by atoms with Crippen LogP contribution in [0.1, 0.15) is 62.3 Å². The Balaban J connectivity index is 1.76. The summed E-state index contributed by atoms with van der Waals surface area (Å²) in [5.74, 6) is 1.35. The summed E-state index contributed by atoms with van der Waals surface area (Å²) in [4.78, 5) is 28.9. The molecule has 2 aromatic rings. The lowest BCUT2D eigenvalue weighted by atomic mass is 9.95. The van der Waals surface area contributed by atoms with Gasteiger partial charge >= 0.3 is 0 Å². The van der Waals surface area contributed by atoms with Crippen LogP contribution in [0, 0.1) is 6.92 Å². The first-order valence-electron chi connectivity index (χ1n) is 9.45. The third kappa shape index (κ3) is 4.49. The molecule has 1 atom stereocenters.